The third-order valence-electron chi connectivity index (χ3n) is 4.35. The summed E-state index contributed by atoms with van der Waals surface area (Å²) in [6.45, 7) is 3.97. The predicted molar refractivity (Wildman–Crippen MR) is 77.4 cm³/mol. The zero-order valence-electron chi connectivity index (χ0n) is 12.1. The Morgan fingerprint density at radius 3 is 3.00 bits per heavy atom. The molecule has 0 aliphatic heterocycles. The van der Waals surface area contributed by atoms with Gasteiger partial charge in [-0.2, -0.15) is 4.98 Å². The normalized spacial score (nSPS) is 21.2. The van der Waals surface area contributed by atoms with Crippen molar-refractivity contribution >= 4 is 0 Å². The molecule has 0 spiro atoms. The van der Waals surface area contributed by atoms with Crippen molar-refractivity contribution in [2.45, 2.75) is 51.0 Å². The van der Waals surface area contributed by atoms with E-state index in [1.807, 2.05) is 13.8 Å². The fourth-order valence-electron chi connectivity index (χ4n) is 2.78. The Morgan fingerprint density at radius 1 is 1.40 bits per heavy atom. The molecule has 1 aliphatic rings. The third-order valence-corrected chi connectivity index (χ3v) is 4.35. The highest BCUT2D eigenvalue weighted by molar-refractivity contribution is 5.35. The summed E-state index contributed by atoms with van der Waals surface area (Å²) < 4.78 is 5.51. The molecule has 106 valence electrons. The van der Waals surface area contributed by atoms with E-state index in [1.165, 1.54) is 11.1 Å². The van der Waals surface area contributed by atoms with Crippen molar-refractivity contribution in [3.8, 4) is 0 Å². The van der Waals surface area contributed by atoms with Crippen LogP contribution in [0.1, 0.15) is 61.9 Å². The largest absolute Gasteiger partial charge is 0.339 e. The smallest absolute Gasteiger partial charge is 0.234 e. The Morgan fingerprint density at radius 2 is 2.20 bits per heavy atom. The van der Waals surface area contributed by atoms with E-state index in [-0.39, 0.29) is 5.92 Å². The van der Waals surface area contributed by atoms with Crippen molar-refractivity contribution < 1.29 is 4.52 Å². The van der Waals surface area contributed by atoms with Gasteiger partial charge < -0.3 is 10.3 Å². The Kier molecular flexibility index (Phi) is 3.34. The van der Waals surface area contributed by atoms with Crippen LogP contribution in [0.15, 0.2) is 28.8 Å². The molecular formula is C16H21N3O. The molecule has 2 aromatic rings. The first-order chi connectivity index (χ1) is 9.62. The number of rotatable bonds is 3. The molecule has 2 unspecified atom stereocenters. The van der Waals surface area contributed by atoms with Crippen molar-refractivity contribution in [2.75, 3.05) is 0 Å². The van der Waals surface area contributed by atoms with Crippen LogP contribution in [0, 0.1) is 0 Å². The van der Waals surface area contributed by atoms with E-state index in [4.69, 9.17) is 10.3 Å². The lowest BCUT2D eigenvalue weighted by molar-refractivity contribution is 0.336. The Hall–Kier alpha value is -1.68. The number of fused-ring (bicyclic) bond motifs is 1. The highest BCUT2D eigenvalue weighted by Gasteiger charge is 2.30. The van der Waals surface area contributed by atoms with Crippen molar-refractivity contribution in [3.05, 3.63) is 47.1 Å². The number of nitrogens with two attached hydrogens (primary N) is 1. The van der Waals surface area contributed by atoms with Crippen LogP contribution in [-0.2, 0) is 12.0 Å². The maximum atomic E-state index is 6.19. The van der Waals surface area contributed by atoms with Crippen molar-refractivity contribution in [1.82, 2.24) is 10.1 Å². The van der Waals surface area contributed by atoms with E-state index in [0.717, 1.165) is 25.7 Å². The molecular weight excluding hydrogens is 250 g/mol. The molecule has 0 saturated heterocycles. The molecule has 0 saturated carbocycles. The fourth-order valence-corrected chi connectivity index (χ4v) is 2.78. The summed E-state index contributed by atoms with van der Waals surface area (Å²) in [7, 11) is 0. The monoisotopic (exact) mass is 271 g/mol. The molecule has 0 bridgehead atoms. The van der Waals surface area contributed by atoms with Gasteiger partial charge in [0.15, 0.2) is 5.82 Å². The van der Waals surface area contributed by atoms with Crippen LogP contribution in [-0.4, -0.2) is 10.1 Å². The van der Waals surface area contributed by atoms with Crippen LogP contribution in [0.3, 0.4) is 0 Å². The second-order valence-corrected chi connectivity index (χ2v) is 5.87. The summed E-state index contributed by atoms with van der Waals surface area (Å²) in [6, 6.07) is 8.53. The molecule has 1 aromatic carbocycles. The van der Waals surface area contributed by atoms with Gasteiger partial charge >= 0.3 is 0 Å². The standard InChI is InChI=1S/C16H21N3O/c1-3-16(2,17)15-18-14(20-19-15)13-10-6-8-11-7-4-5-9-12(11)13/h4-5,7,9,13H,3,6,8,10,17H2,1-2H3. The molecule has 0 amide bonds. The van der Waals surface area contributed by atoms with E-state index >= 15 is 0 Å². The number of benzene rings is 1. The van der Waals surface area contributed by atoms with Gasteiger partial charge in [0.05, 0.1) is 11.5 Å². The van der Waals surface area contributed by atoms with Crippen LogP contribution in [0.4, 0.5) is 0 Å². The zero-order valence-corrected chi connectivity index (χ0v) is 12.1. The van der Waals surface area contributed by atoms with Crippen molar-refractivity contribution in [3.63, 3.8) is 0 Å². The summed E-state index contributed by atoms with van der Waals surface area (Å²) in [4.78, 5) is 4.57. The zero-order chi connectivity index (χ0) is 14.2. The van der Waals surface area contributed by atoms with E-state index in [2.05, 4.69) is 34.4 Å². The van der Waals surface area contributed by atoms with Gasteiger partial charge in [0.2, 0.25) is 5.89 Å². The molecule has 4 nitrogen and oxygen atoms in total. The van der Waals surface area contributed by atoms with Crippen LogP contribution < -0.4 is 5.73 Å². The number of hydrogen-bond donors (Lipinski definition) is 1. The highest BCUT2D eigenvalue weighted by atomic mass is 16.5. The lowest BCUT2D eigenvalue weighted by Gasteiger charge is -2.22. The van der Waals surface area contributed by atoms with Crippen LogP contribution in [0.2, 0.25) is 0 Å². The second kappa shape index (κ2) is 5.02. The maximum absolute atomic E-state index is 6.19. The van der Waals surface area contributed by atoms with Gasteiger partial charge in [-0.3, -0.25) is 0 Å². The molecule has 0 radical (unpaired) electrons. The number of hydrogen-bond acceptors (Lipinski definition) is 4. The Labute approximate surface area is 119 Å². The molecule has 20 heavy (non-hydrogen) atoms. The molecule has 3 rings (SSSR count). The average Bonchev–Trinajstić information content (AvgIpc) is 2.97. The minimum atomic E-state index is -0.518. The maximum Gasteiger partial charge on any atom is 0.234 e. The fraction of sp³-hybridized carbons (Fsp3) is 0.500. The lowest BCUT2D eigenvalue weighted by Crippen LogP contribution is -2.33. The second-order valence-electron chi connectivity index (χ2n) is 5.87. The summed E-state index contributed by atoms with van der Waals surface area (Å²) in [5.74, 6) is 1.53. The van der Waals surface area contributed by atoms with Gasteiger partial charge in [0.1, 0.15) is 0 Å². The molecule has 2 N–H and O–H groups in total. The Balaban J connectivity index is 1.95. The molecule has 2 atom stereocenters. The quantitative estimate of drug-likeness (QED) is 0.931. The van der Waals surface area contributed by atoms with Gasteiger partial charge in [0, 0.05) is 0 Å². The first-order valence-electron chi connectivity index (χ1n) is 7.32. The molecule has 1 aliphatic carbocycles. The predicted octanol–water partition coefficient (Wildman–Crippen LogP) is 3.12. The van der Waals surface area contributed by atoms with Crippen molar-refractivity contribution in [2.24, 2.45) is 5.73 Å². The van der Waals surface area contributed by atoms with Crippen LogP contribution in [0.5, 0.6) is 0 Å². The van der Waals surface area contributed by atoms with Gasteiger partial charge in [-0.15, -0.1) is 0 Å². The summed E-state index contributed by atoms with van der Waals surface area (Å²) >= 11 is 0. The molecule has 4 heteroatoms. The van der Waals surface area contributed by atoms with Gasteiger partial charge in [-0.1, -0.05) is 36.3 Å². The first-order valence-corrected chi connectivity index (χ1v) is 7.32. The van der Waals surface area contributed by atoms with Crippen LogP contribution in [0.25, 0.3) is 0 Å². The average molecular weight is 271 g/mol. The minimum absolute atomic E-state index is 0.217. The highest BCUT2D eigenvalue weighted by Crippen LogP contribution is 2.36. The van der Waals surface area contributed by atoms with E-state index in [9.17, 15) is 0 Å². The molecule has 1 heterocycles. The van der Waals surface area contributed by atoms with E-state index in [1.54, 1.807) is 0 Å². The minimum Gasteiger partial charge on any atom is -0.339 e. The van der Waals surface area contributed by atoms with Gasteiger partial charge in [-0.25, -0.2) is 0 Å². The number of aryl methyl sites for hydroxylation is 1. The van der Waals surface area contributed by atoms with Gasteiger partial charge in [-0.05, 0) is 43.7 Å². The number of aromatic nitrogens is 2. The first kappa shape index (κ1) is 13.3. The molecule has 1 aromatic heterocycles. The summed E-state index contributed by atoms with van der Waals surface area (Å²) in [6.07, 6.45) is 4.14. The Bertz CT molecular complexity index is 603. The summed E-state index contributed by atoms with van der Waals surface area (Å²) in [5.41, 5.74) is 8.39. The third kappa shape index (κ3) is 2.24. The lowest BCUT2D eigenvalue weighted by atomic mass is 9.83. The van der Waals surface area contributed by atoms with Crippen molar-refractivity contribution in [1.29, 1.82) is 0 Å². The van der Waals surface area contributed by atoms with Crippen LogP contribution >= 0.6 is 0 Å². The SMILES string of the molecule is CCC(C)(N)c1noc(C2CCCc3ccccc32)n1. The van der Waals surface area contributed by atoms with E-state index < -0.39 is 5.54 Å². The van der Waals surface area contributed by atoms with Gasteiger partial charge in [0.25, 0.3) is 0 Å². The number of nitrogens with zero attached hydrogens (tertiary/aromatic N) is 2. The topological polar surface area (TPSA) is 64.9 Å². The molecule has 0 fully saturated rings. The van der Waals surface area contributed by atoms with E-state index in [0.29, 0.717) is 11.7 Å². The summed E-state index contributed by atoms with van der Waals surface area (Å²) in [5, 5.41) is 4.10.